The SMILES string of the molecule is O=C(c1cnc(Cc2ccccc2F)s1)N1CCOC(c2cccc(O)c2)C1. The molecule has 1 aromatic heterocycles. The van der Waals surface area contributed by atoms with E-state index in [2.05, 4.69) is 4.98 Å². The van der Waals surface area contributed by atoms with Crippen molar-refractivity contribution >= 4 is 17.2 Å². The zero-order valence-corrected chi connectivity index (χ0v) is 15.9. The van der Waals surface area contributed by atoms with Gasteiger partial charge in [0.2, 0.25) is 0 Å². The van der Waals surface area contributed by atoms with E-state index in [1.165, 1.54) is 17.4 Å². The fourth-order valence-electron chi connectivity index (χ4n) is 3.21. The minimum atomic E-state index is -0.282. The molecule has 0 saturated carbocycles. The molecule has 28 heavy (non-hydrogen) atoms. The Morgan fingerprint density at radius 3 is 2.96 bits per heavy atom. The lowest BCUT2D eigenvalue weighted by Gasteiger charge is -2.33. The normalized spacial score (nSPS) is 16.9. The number of benzene rings is 2. The fourth-order valence-corrected chi connectivity index (χ4v) is 4.12. The summed E-state index contributed by atoms with van der Waals surface area (Å²) in [6, 6.07) is 13.5. The van der Waals surface area contributed by atoms with E-state index in [9.17, 15) is 14.3 Å². The number of phenols is 1. The first-order valence-corrected chi connectivity index (χ1v) is 9.80. The maximum Gasteiger partial charge on any atom is 0.265 e. The molecule has 1 fully saturated rings. The van der Waals surface area contributed by atoms with Gasteiger partial charge >= 0.3 is 0 Å². The molecule has 1 saturated heterocycles. The molecular weight excluding hydrogens is 379 g/mol. The van der Waals surface area contributed by atoms with Gasteiger partial charge in [-0.2, -0.15) is 0 Å². The van der Waals surface area contributed by atoms with E-state index in [4.69, 9.17) is 4.74 Å². The summed E-state index contributed by atoms with van der Waals surface area (Å²) in [4.78, 5) is 19.5. The van der Waals surface area contributed by atoms with Crippen LogP contribution in [-0.4, -0.2) is 40.6 Å². The van der Waals surface area contributed by atoms with Gasteiger partial charge in [-0.1, -0.05) is 30.3 Å². The summed E-state index contributed by atoms with van der Waals surface area (Å²) in [5, 5.41) is 10.4. The molecule has 1 N–H and O–H groups in total. The molecule has 3 aromatic rings. The molecule has 1 atom stereocenters. The molecule has 1 aliphatic rings. The van der Waals surface area contributed by atoms with Crippen LogP contribution in [-0.2, 0) is 11.2 Å². The molecule has 2 heterocycles. The third kappa shape index (κ3) is 4.05. The topological polar surface area (TPSA) is 62.7 Å². The predicted molar refractivity (Wildman–Crippen MR) is 104 cm³/mol. The quantitative estimate of drug-likeness (QED) is 0.726. The number of aromatic hydroxyl groups is 1. The Bertz CT molecular complexity index is 991. The minimum absolute atomic E-state index is 0.106. The number of morpholine rings is 1. The van der Waals surface area contributed by atoms with Gasteiger partial charge in [-0.25, -0.2) is 9.37 Å². The number of ether oxygens (including phenoxy) is 1. The van der Waals surface area contributed by atoms with E-state index in [-0.39, 0.29) is 23.6 Å². The van der Waals surface area contributed by atoms with Gasteiger partial charge in [0.25, 0.3) is 5.91 Å². The lowest BCUT2D eigenvalue weighted by atomic mass is 10.1. The molecule has 2 aromatic carbocycles. The second-order valence-electron chi connectivity index (χ2n) is 6.59. The molecule has 0 bridgehead atoms. The third-order valence-corrected chi connectivity index (χ3v) is 5.64. The van der Waals surface area contributed by atoms with Crippen LogP contribution in [0.5, 0.6) is 5.75 Å². The number of hydrogen-bond acceptors (Lipinski definition) is 5. The first-order chi connectivity index (χ1) is 13.6. The molecule has 7 heteroatoms. The lowest BCUT2D eigenvalue weighted by molar-refractivity contribution is -0.0227. The van der Waals surface area contributed by atoms with Crippen LogP contribution in [0, 0.1) is 5.82 Å². The number of halogens is 1. The van der Waals surface area contributed by atoms with E-state index in [0.29, 0.717) is 41.6 Å². The van der Waals surface area contributed by atoms with E-state index in [1.54, 1.807) is 47.5 Å². The summed E-state index contributed by atoms with van der Waals surface area (Å²) in [6.45, 7) is 1.32. The van der Waals surface area contributed by atoms with Crippen molar-refractivity contribution in [2.75, 3.05) is 19.7 Å². The van der Waals surface area contributed by atoms with Crippen LogP contribution in [0.3, 0.4) is 0 Å². The van der Waals surface area contributed by atoms with E-state index >= 15 is 0 Å². The van der Waals surface area contributed by atoms with E-state index in [0.717, 1.165) is 5.56 Å². The van der Waals surface area contributed by atoms with Crippen molar-refractivity contribution in [3.8, 4) is 5.75 Å². The summed E-state index contributed by atoms with van der Waals surface area (Å²) in [5.41, 5.74) is 1.40. The zero-order chi connectivity index (χ0) is 19.5. The highest BCUT2D eigenvalue weighted by molar-refractivity contribution is 7.13. The van der Waals surface area contributed by atoms with Crippen molar-refractivity contribution in [1.82, 2.24) is 9.88 Å². The van der Waals surface area contributed by atoms with Crippen LogP contribution in [0.2, 0.25) is 0 Å². The van der Waals surface area contributed by atoms with Gasteiger partial charge in [-0.3, -0.25) is 4.79 Å². The number of nitrogens with zero attached hydrogens (tertiary/aromatic N) is 2. The summed E-state index contributed by atoms with van der Waals surface area (Å²) in [5.74, 6) is -0.205. The van der Waals surface area contributed by atoms with Gasteiger partial charge < -0.3 is 14.7 Å². The Kier molecular flexibility index (Phi) is 5.36. The molecular formula is C21H19FN2O3S. The Labute approximate surface area is 166 Å². The molecule has 5 nitrogen and oxygen atoms in total. The molecule has 0 aliphatic carbocycles. The maximum absolute atomic E-state index is 13.8. The number of rotatable bonds is 4. The van der Waals surface area contributed by atoms with Gasteiger partial charge in [-0.05, 0) is 29.3 Å². The van der Waals surface area contributed by atoms with Gasteiger partial charge in [0, 0.05) is 13.0 Å². The average molecular weight is 398 g/mol. The monoisotopic (exact) mass is 398 g/mol. The van der Waals surface area contributed by atoms with Crippen molar-refractivity contribution < 1.29 is 19.0 Å². The van der Waals surface area contributed by atoms with Gasteiger partial charge in [0.15, 0.2) is 0 Å². The second kappa shape index (κ2) is 8.08. The van der Waals surface area contributed by atoms with Crippen molar-refractivity contribution in [2.45, 2.75) is 12.5 Å². The standard InChI is InChI=1S/C21H19FN2O3S/c22-17-7-2-1-4-14(17)11-20-23-12-19(28-20)21(26)24-8-9-27-18(13-24)15-5-3-6-16(25)10-15/h1-7,10,12,18,25H,8-9,11,13H2. The van der Waals surface area contributed by atoms with Crippen molar-refractivity contribution in [1.29, 1.82) is 0 Å². The summed E-state index contributed by atoms with van der Waals surface area (Å²) in [7, 11) is 0. The highest BCUT2D eigenvalue weighted by atomic mass is 32.1. The summed E-state index contributed by atoms with van der Waals surface area (Å²) < 4.78 is 19.6. The Morgan fingerprint density at radius 1 is 1.29 bits per heavy atom. The predicted octanol–water partition coefficient (Wildman–Crippen LogP) is 3.79. The molecule has 144 valence electrons. The lowest BCUT2D eigenvalue weighted by Crippen LogP contribution is -2.42. The average Bonchev–Trinajstić information content (AvgIpc) is 3.18. The molecule has 1 unspecified atom stereocenters. The zero-order valence-electron chi connectivity index (χ0n) is 15.0. The number of thiazole rings is 1. The summed E-state index contributed by atoms with van der Waals surface area (Å²) >= 11 is 1.29. The van der Waals surface area contributed by atoms with Crippen molar-refractivity contribution in [2.24, 2.45) is 0 Å². The van der Waals surface area contributed by atoms with Gasteiger partial charge in [0.1, 0.15) is 22.5 Å². The Hall–Kier alpha value is -2.77. The van der Waals surface area contributed by atoms with Crippen LogP contribution >= 0.6 is 11.3 Å². The van der Waals surface area contributed by atoms with Gasteiger partial charge in [-0.15, -0.1) is 11.3 Å². The number of phenolic OH excluding ortho intramolecular Hbond substituents is 1. The first kappa shape index (κ1) is 18.6. The van der Waals surface area contributed by atoms with Crippen molar-refractivity contribution in [3.05, 3.63) is 81.6 Å². The van der Waals surface area contributed by atoms with Crippen LogP contribution in [0.15, 0.2) is 54.7 Å². The van der Waals surface area contributed by atoms with Gasteiger partial charge in [0.05, 0.1) is 24.4 Å². The number of aromatic nitrogens is 1. The largest absolute Gasteiger partial charge is 0.508 e. The Balaban J connectivity index is 1.46. The third-order valence-electron chi connectivity index (χ3n) is 4.66. The second-order valence-corrected chi connectivity index (χ2v) is 7.71. The number of amides is 1. The highest BCUT2D eigenvalue weighted by Crippen LogP contribution is 2.27. The van der Waals surface area contributed by atoms with E-state index < -0.39 is 0 Å². The maximum atomic E-state index is 13.8. The summed E-state index contributed by atoms with van der Waals surface area (Å²) in [6.07, 6.45) is 1.64. The first-order valence-electron chi connectivity index (χ1n) is 8.98. The van der Waals surface area contributed by atoms with E-state index in [1.807, 2.05) is 6.07 Å². The van der Waals surface area contributed by atoms with Crippen LogP contribution < -0.4 is 0 Å². The van der Waals surface area contributed by atoms with Crippen LogP contribution in [0.1, 0.15) is 31.9 Å². The fraction of sp³-hybridized carbons (Fsp3) is 0.238. The molecule has 1 aliphatic heterocycles. The smallest absolute Gasteiger partial charge is 0.265 e. The number of carbonyl (C=O) groups excluding carboxylic acids is 1. The molecule has 0 spiro atoms. The Morgan fingerprint density at radius 2 is 2.14 bits per heavy atom. The van der Waals surface area contributed by atoms with Crippen LogP contribution in [0.4, 0.5) is 4.39 Å². The highest BCUT2D eigenvalue weighted by Gasteiger charge is 2.27. The molecule has 0 radical (unpaired) electrons. The minimum Gasteiger partial charge on any atom is -0.508 e. The number of hydrogen-bond donors (Lipinski definition) is 1. The van der Waals surface area contributed by atoms with Crippen LogP contribution in [0.25, 0.3) is 0 Å². The van der Waals surface area contributed by atoms with Crippen molar-refractivity contribution in [3.63, 3.8) is 0 Å². The number of carbonyl (C=O) groups is 1. The molecule has 1 amide bonds. The molecule has 4 rings (SSSR count).